The molecule has 23 N–H and O–H groups in total. The summed E-state index contributed by atoms with van der Waals surface area (Å²) in [6.45, 7) is 10.3. The SMILES string of the molecule is CC(C)C[C@H](CC(=O)[C@H](CC(C)C)NC(=O)[C@H](CCCCN)CC(=O)[C@H](CCCN=C(N)N)NC(=O)[C@@H](CC(=O)[C@H](CCC(N)=O)NC(=O)[C@H](CCC(N)=O)CC(=O)[C@H](CCCN=C(N)N)NC(=O)[C@@H](CC(=O)[C@@H](C)CC(=O)O)[C@@H](C)O)Cc1ccc(O)cc1)C(N)=O. The second-order valence-corrected chi connectivity index (χ2v) is 25.0. The molecule has 0 bridgehead atoms. The third-order valence-electron chi connectivity index (χ3n) is 15.7. The van der Waals surface area contributed by atoms with Gasteiger partial charge in [0.05, 0.1) is 42.6 Å². The van der Waals surface area contributed by atoms with Crippen LogP contribution in [0.5, 0.6) is 5.75 Å². The summed E-state index contributed by atoms with van der Waals surface area (Å²) in [5.41, 5.74) is 45.1. The van der Waals surface area contributed by atoms with Crippen LogP contribution in [0.25, 0.3) is 0 Å². The summed E-state index contributed by atoms with van der Waals surface area (Å²) in [5.74, 6) is -18.4. The van der Waals surface area contributed by atoms with Crippen molar-refractivity contribution >= 4 is 88.2 Å². The van der Waals surface area contributed by atoms with E-state index in [0.717, 1.165) is 0 Å². The highest BCUT2D eigenvalue weighted by Crippen LogP contribution is 2.25. The van der Waals surface area contributed by atoms with Crippen LogP contribution in [0.4, 0.5) is 0 Å². The zero-order chi connectivity index (χ0) is 70.7. The van der Waals surface area contributed by atoms with Crippen LogP contribution in [0.3, 0.4) is 0 Å². The minimum absolute atomic E-state index is 0.00447. The monoisotopic (exact) mass is 1310 g/mol. The normalized spacial score (nSPS) is 14.8. The molecule has 1 aromatic rings. The van der Waals surface area contributed by atoms with Gasteiger partial charge in [-0.25, -0.2) is 0 Å². The van der Waals surface area contributed by atoms with E-state index < -0.39 is 200 Å². The molecule has 0 saturated carbocycles. The van der Waals surface area contributed by atoms with Crippen LogP contribution >= 0.6 is 0 Å². The number of hydrogen-bond donors (Lipinski definition) is 15. The number of nitrogens with two attached hydrogens (primary N) is 8. The molecule has 1 rings (SSSR count). The number of aliphatic carboxylic acids is 1. The molecule has 0 radical (unpaired) electrons. The molecule has 30 heteroatoms. The van der Waals surface area contributed by atoms with E-state index in [0.29, 0.717) is 24.8 Å². The second kappa shape index (κ2) is 43.4. The van der Waals surface area contributed by atoms with Crippen LogP contribution in [0.2, 0.25) is 0 Å². The number of aliphatic imine (C=N–C) groups is 2. The van der Waals surface area contributed by atoms with Crippen LogP contribution in [-0.2, 0) is 68.7 Å². The summed E-state index contributed by atoms with van der Waals surface area (Å²) >= 11 is 0. The Morgan fingerprint density at radius 2 is 0.882 bits per heavy atom. The number of aliphatic hydroxyl groups is 1. The summed E-state index contributed by atoms with van der Waals surface area (Å²) in [6, 6.07) is 0.183. The van der Waals surface area contributed by atoms with Crippen molar-refractivity contribution in [3.63, 3.8) is 0 Å². The maximum atomic E-state index is 14.9. The summed E-state index contributed by atoms with van der Waals surface area (Å²) in [5, 5.41) is 40.7. The van der Waals surface area contributed by atoms with Crippen LogP contribution < -0.4 is 67.1 Å². The lowest BCUT2D eigenvalue weighted by atomic mass is 9.87. The Bertz CT molecular complexity index is 2730. The topological polar surface area (TPSA) is 564 Å². The van der Waals surface area contributed by atoms with Crippen molar-refractivity contribution in [2.75, 3.05) is 19.6 Å². The lowest BCUT2D eigenvalue weighted by molar-refractivity contribution is -0.141. The summed E-state index contributed by atoms with van der Waals surface area (Å²) in [4.78, 5) is 184. The number of aromatic hydroxyl groups is 1. The van der Waals surface area contributed by atoms with Gasteiger partial charge in [0.1, 0.15) is 11.5 Å². The molecule has 0 aromatic heterocycles. The largest absolute Gasteiger partial charge is 0.508 e. The number of Topliss-reactive ketones (excluding diaryl/α,β-unsaturated/α-hetero) is 5. The van der Waals surface area contributed by atoms with Crippen molar-refractivity contribution in [3.8, 4) is 5.75 Å². The Labute approximate surface area is 543 Å². The van der Waals surface area contributed by atoms with Crippen LogP contribution in [0.15, 0.2) is 34.3 Å². The maximum Gasteiger partial charge on any atom is 0.304 e. The maximum absolute atomic E-state index is 14.9. The summed E-state index contributed by atoms with van der Waals surface area (Å²) < 4.78 is 0. The molecule has 0 unspecified atom stereocenters. The Morgan fingerprint density at radius 3 is 1.32 bits per heavy atom. The van der Waals surface area contributed by atoms with E-state index in [1.165, 1.54) is 38.1 Å². The van der Waals surface area contributed by atoms with Crippen molar-refractivity contribution in [2.45, 2.75) is 200 Å². The fourth-order valence-corrected chi connectivity index (χ4v) is 10.5. The van der Waals surface area contributed by atoms with Gasteiger partial charge in [0, 0.05) is 87.6 Å². The number of carboxylic acid groups (broad SMARTS) is 1. The zero-order valence-corrected chi connectivity index (χ0v) is 54.7. The molecule has 0 saturated heterocycles. The number of nitrogens with zero attached hydrogens (tertiary/aromatic N) is 2. The number of phenols is 1. The predicted octanol–water partition coefficient (Wildman–Crippen LogP) is -0.413. The quantitative estimate of drug-likeness (QED) is 0.0224. The molecule has 0 aliphatic heterocycles. The van der Waals surface area contributed by atoms with Crippen LogP contribution in [0, 0.1) is 47.3 Å². The number of carbonyl (C=O) groups is 13. The van der Waals surface area contributed by atoms with Gasteiger partial charge < -0.3 is 82.5 Å². The molecule has 93 heavy (non-hydrogen) atoms. The van der Waals surface area contributed by atoms with E-state index in [1.807, 2.05) is 27.7 Å². The number of carbonyl (C=O) groups excluding carboxylic acids is 12. The fraction of sp³-hybridized carbons (Fsp3) is 0.667. The molecule has 0 fully saturated rings. The van der Waals surface area contributed by atoms with Crippen molar-refractivity contribution in [1.29, 1.82) is 0 Å². The van der Waals surface area contributed by atoms with Gasteiger partial charge in [0.2, 0.25) is 41.4 Å². The van der Waals surface area contributed by atoms with E-state index >= 15 is 0 Å². The van der Waals surface area contributed by atoms with Crippen LogP contribution in [-0.4, -0.2) is 153 Å². The molecule has 0 spiro atoms. The highest BCUT2D eigenvalue weighted by Gasteiger charge is 2.37. The number of primary amides is 3. The minimum Gasteiger partial charge on any atom is -0.508 e. The number of phenolic OH excluding ortho intramolecular Hbond substituents is 1. The average molecular weight is 1310 g/mol. The average Bonchev–Trinajstić information content (AvgIpc) is 0.996. The lowest BCUT2D eigenvalue weighted by Gasteiger charge is -2.27. The molecule has 0 aliphatic carbocycles. The van der Waals surface area contributed by atoms with Crippen molar-refractivity contribution in [2.24, 2.45) is 103 Å². The van der Waals surface area contributed by atoms with Crippen molar-refractivity contribution in [1.82, 2.24) is 21.3 Å². The smallest absolute Gasteiger partial charge is 0.304 e. The molecule has 30 nitrogen and oxygen atoms in total. The Morgan fingerprint density at radius 1 is 0.462 bits per heavy atom. The lowest BCUT2D eigenvalue weighted by Crippen LogP contribution is -2.49. The first kappa shape index (κ1) is 82.6. The molecule has 11 atom stereocenters. The fourth-order valence-electron chi connectivity index (χ4n) is 10.5. The zero-order valence-electron chi connectivity index (χ0n) is 54.7. The van der Waals surface area contributed by atoms with E-state index in [9.17, 15) is 77.6 Å². The number of unbranched alkanes of at least 4 members (excludes halogenated alkanes) is 1. The van der Waals surface area contributed by atoms with E-state index in [4.69, 9.17) is 45.9 Å². The highest BCUT2D eigenvalue weighted by atomic mass is 16.4. The number of ketones is 5. The molecule has 0 aliphatic rings. The van der Waals surface area contributed by atoms with Crippen LogP contribution in [0.1, 0.15) is 169 Å². The molecule has 0 heterocycles. The molecular weight excluding hydrogens is 1210 g/mol. The number of hydrogen-bond acceptors (Lipinski definition) is 18. The van der Waals surface area contributed by atoms with E-state index in [2.05, 4.69) is 31.3 Å². The first-order valence-electron chi connectivity index (χ1n) is 31.7. The third kappa shape index (κ3) is 34.7. The van der Waals surface area contributed by atoms with Gasteiger partial charge in [-0.2, -0.15) is 0 Å². The van der Waals surface area contributed by atoms with Gasteiger partial charge >= 0.3 is 5.97 Å². The first-order chi connectivity index (χ1) is 43.5. The molecule has 7 amide bonds. The third-order valence-corrected chi connectivity index (χ3v) is 15.7. The number of carboxylic acids is 1. The Kier molecular flexibility index (Phi) is 38.6. The minimum atomic E-state index is -1.61. The highest BCUT2D eigenvalue weighted by molar-refractivity contribution is 5.99. The summed E-state index contributed by atoms with van der Waals surface area (Å²) in [6.07, 6.45) is -5.23. The van der Waals surface area contributed by atoms with Crippen molar-refractivity contribution < 1.29 is 77.6 Å². The second-order valence-electron chi connectivity index (χ2n) is 25.0. The van der Waals surface area contributed by atoms with Gasteiger partial charge in [-0.15, -0.1) is 0 Å². The van der Waals surface area contributed by atoms with E-state index in [-0.39, 0.29) is 101 Å². The molecule has 1 aromatic carbocycles. The Balaban J connectivity index is 3.90. The van der Waals surface area contributed by atoms with Gasteiger partial charge in [0.25, 0.3) is 0 Å². The van der Waals surface area contributed by atoms with Gasteiger partial charge in [-0.3, -0.25) is 72.3 Å². The van der Waals surface area contributed by atoms with E-state index in [1.54, 1.807) is 0 Å². The number of aliphatic hydroxyl groups excluding tert-OH is 1. The number of amides is 7. The van der Waals surface area contributed by atoms with Gasteiger partial charge in [-0.1, -0.05) is 53.2 Å². The standard InChI is InChI=1S/C63H104N14O16/c1-34(2)25-41(57(67)89)31-53(84)48(26-35(3)4)77-58(90)39(11-7-8-22-64)29-50(81)45(12-9-23-72-62(68)69)74-60(92)42(28-38-14-17-43(79)18-15-38)32-52(83)47(19-21-55(66)86)75-59(91)40(16-20-54(65)85)30-51(82)46(13-10-24-73-63(70)71)76-61(93)44(37(6)78)33-49(80)36(5)27-56(87)88/h14-15,17-18,34-37,39-42,44-48,78-79H,7-13,16,19-33,64H2,1-6H3,(H2,65,85)(H2,66,86)(H2,67,89)(H,74,92)(H,75,91)(H,76,93)(H,77,90)(H,87,88)(H4,68,69,72)(H4,70,71,73)/t36-,37+,39+,40+,41+,42+,44-,45-,46-,47-,48-/m0/s1. The molecular formula is C63H104N14O16. The van der Waals surface area contributed by atoms with Gasteiger partial charge in [-0.05, 0) is 114 Å². The summed E-state index contributed by atoms with van der Waals surface area (Å²) in [7, 11) is 0. The number of guanidine groups is 2. The predicted molar refractivity (Wildman–Crippen MR) is 346 cm³/mol. The number of rotatable bonds is 51. The number of benzene rings is 1. The van der Waals surface area contributed by atoms with Crippen molar-refractivity contribution in [3.05, 3.63) is 29.8 Å². The Hall–Kier alpha value is -8.41. The number of nitrogens with one attached hydrogen (secondary N) is 4. The molecule has 522 valence electrons. The first-order valence-corrected chi connectivity index (χ1v) is 31.7. The van der Waals surface area contributed by atoms with Gasteiger partial charge in [0.15, 0.2) is 35.1 Å².